The fourth-order valence-corrected chi connectivity index (χ4v) is 3.07. The van der Waals surface area contributed by atoms with Crippen molar-refractivity contribution in [2.45, 2.75) is 17.8 Å². The molecule has 9 heteroatoms. The van der Waals surface area contributed by atoms with Gasteiger partial charge in [0.15, 0.2) is 0 Å². The van der Waals surface area contributed by atoms with E-state index in [9.17, 15) is 18.0 Å². The van der Waals surface area contributed by atoms with Gasteiger partial charge in [-0.3, -0.25) is 4.79 Å². The average Bonchev–Trinajstić information content (AvgIpc) is 2.72. The van der Waals surface area contributed by atoms with Crippen LogP contribution in [0.1, 0.15) is 17.2 Å². The molecule has 3 N–H and O–H groups in total. The van der Waals surface area contributed by atoms with Crippen LogP contribution < -0.4 is 20.5 Å². The summed E-state index contributed by atoms with van der Waals surface area (Å²) in [5.74, 6) is -0.578. The minimum absolute atomic E-state index is 0.0853. The molecule has 0 aromatic heterocycles. The van der Waals surface area contributed by atoms with Crippen LogP contribution in [0, 0.1) is 0 Å². The Balaban J connectivity index is 2.32. The van der Waals surface area contributed by atoms with E-state index in [1.165, 1.54) is 26.4 Å². The zero-order chi connectivity index (χ0) is 22.5. The highest BCUT2D eigenvalue weighted by atomic mass is 19.4. The molecule has 30 heavy (non-hydrogen) atoms. The maximum atomic E-state index is 13.9. The molecule has 2 rings (SSSR count). The van der Waals surface area contributed by atoms with E-state index >= 15 is 0 Å². The smallest absolute Gasteiger partial charge is 0.419 e. The fourth-order valence-electron chi connectivity index (χ4n) is 3.07. The second-order valence-electron chi connectivity index (χ2n) is 7.00. The van der Waals surface area contributed by atoms with Crippen LogP contribution in [0.3, 0.4) is 0 Å². The standard InChI is InChI=1S/C21H26F3N3O3/c1-27(2)18(14-7-5-9-16(11-14)29-3)13-26-19(28)20(25,21(22,23)24)15-8-6-10-17(12-15)30-4/h5-12,18H,13,25H2,1-4H3,(H,26,28). The summed E-state index contributed by atoms with van der Waals surface area (Å²) >= 11 is 0. The van der Waals surface area contributed by atoms with E-state index in [0.29, 0.717) is 5.75 Å². The summed E-state index contributed by atoms with van der Waals surface area (Å²) < 4.78 is 52.0. The number of nitrogens with two attached hydrogens (primary N) is 1. The third kappa shape index (κ3) is 4.85. The van der Waals surface area contributed by atoms with E-state index in [1.54, 1.807) is 43.3 Å². The summed E-state index contributed by atoms with van der Waals surface area (Å²) in [7, 11) is 6.36. The van der Waals surface area contributed by atoms with E-state index in [-0.39, 0.29) is 12.3 Å². The van der Waals surface area contributed by atoms with Gasteiger partial charge in [-0.1, -0.05) is 24.3 Å². The van der Waals surface area contributed by atoms with Gasteiger partial charge in [0.2, 0.25) is 5.54 Å². The lowest BCUT2D eigenvalue weighted by Gasteiger charge is -2.32. The van der Waals surface area contributed by atoms with Crippen molar-refractivity contribution in [1.29, 1.82) is 0 Å². The van der Waals surface area contributed by atoms with E-state index in [1.807, 2.05) is 0 Å². The zero-order valence-electron chi connectivity index (χ0n) is 17.3. The number of nitrogens with one attached hydrogen (secondary N) is 1. The van der Waals surface area contributed by atoms with E-state index in [2.05, 4.69) is 5.32 Å². The Morgan fingerprint density at radius 2 is 1.63 bits per heavy atom. The summed E-state index contributed by atoms with van der Waals surface area (Å²) in [5, 5.41) is 2.38. The molecule has 0 saturated carbocycles. The molecule has 2 atom stereocenters. The summed E-state index contributed by atoms with van der Waals surface area (Å²) in [5.41, 5.74) is 2.82. The average molecular weight is 425 g/mol. The lowest BCUT2D eigenvalue weighted by atomic mass is 9.88. The number of rotatable bonds is 8. The van der Waals surface area contributed by atoms with Crippen LogP contribution in [-0.2, 0) is 10.3 Å². The minimum Gasteiger partial charge on any atom is -0.497 e. The first-order chi connectivity index (χ1) is 14.0. The number of hydrogen-bond acceptors (Lipinski definition) is 5. The Bertz CT molecular complexity index is 874. The number of hydrogen-bond donors (Lipinski definition) is 2. The van der Waals surface area contributed by atoms with Crippen molar-refractivity contribution >= 4 is 5.91 Å². The normalized spacial score (nSPS) is 14.7. The molecule has 0 saturated heterocycles. The number of ether oxygens (including phenoxy) is 2. The lowest BCUT2D eigenvalue weighted by Crippen LogP contribution is -2.61. The van der Waals surface area contributed by atoms with Gasteiger partial charge in [-0.2, -0.15) is 13.2 Å². The highest BCUT2D eigenvalue weighted by molar-refractivity contribution is 5.88. The maximum Gasteiger partial charge on any atom is 0.419 e. The van der Waals surface area contributed by atoms with Crippen LogP contribution >= 0.6 is 0 Å². The molecule has 0 aliphatic carbocycles. The molecular weight excluding hydrogens is 399 g/mol. The summed E-state index contributed by atoms with van der Waals surface area (Å²) in [6.07, 6.45) is -5.02. The molecule has 6 nitrogen and oxygen atoms in total. The van der Waals surface area contributed by atoms with Crippen molar-refractivity contribution in [3.05, 3.63) is 59.7 Å². The van der Waals surface area contributed by atoms with Crippen molar-refractivity contribution in [2.75, 3.05) is 34.9 Å². The first-order valence-electron chi connectivity index (χ1n) is 9.13. The van der Waals surface area contributed by atoms with Gasteiger partial charge in [0.05, 0.1) is 20.3 Å². The predicted octanol–water partition coefficient (Wildman–Crippen LogP) is 2.84. The number of likely N-dealkylation sites (N-methyl/N-ethyl adjacent to an activating group) is 1. The molecule has 2 unspecified atom stereocenters. The number of carbonyl (C=O) groups excluding carboxylic acids is 1. The van der Waals surface area contributed by atoms with Crippen molar-refractivity contribution in [1.82, 2.24) is 10.2 Å². The molecule has 1 amide bonds. The van der Waals surface area contributed by atoms with Gasteiger partial charge in [-0.25, -0.2) is 0 Å². The van der Waals surface area contributed by atoms with E-state index in [4.69, 9.17) is 15.2 Å². The van der Waals surface area contributed by atoms with Crippen molar-refractivity contribution < 1.29 is 27.4 Å². The summed E-state index contributed by atoms with van der Waals surface area (Å²) in [6.45, 7) is -0.0853. The molecule has 0 heterocycles. The SMILES string of the molecule is COc1cccc(C(CNC(=O)C(N)(c2cccc(OC)c2)C(F)(F)F)N(C)C)c1. The first kappa shape index (κ1) is 23.5. The Morgan fingerprint density at radius 3 is 2.17 bits per heavy atom. The molecule has 0 bridgehead atoms. The van der Waals surface area contributed by atoms with Crippen molar-refractivity contribution in [2.24, 2.45) is 5.73 Å². The molecule has 0 radical (unpaired) electrons. The quantitative estimate of drug-likeness (QED) is 0.680. The van der Waals surface area contributed by atoms with Gasteiger partial charge < -0.3 is 25.4 Å². The molecule has 2 aromatic rings. The number of benzene rings is 2. The van der Waals surface area contributed by atoms with Gasteiger partial charge in [-0.05, 0) is 49.5 Å². The first-order valence-corrected chi connectivity index (χ1v) is 9.13. The largest absolute Gasteiger partial charge is 0.497 e. The number of alkyl halides is 3. The third-order valence-corrected chi connectivity index (χ3v) is 4.89. The molecule has 0 spiro atoms. The fraction of sp³-hybridized carbons (Fsp3) is 0.381. The van der Waals surface area contributed by atoms with Crippen molar-refractivity contribution in [3.63, 3.8) is 0 Å². The minimum atomic E-state index is -5.02. The van der Waals surface area contributed by atoms with Gasteiger partial charge in [0.25, 0.3) is 5.91 Å². The van der Waals surface area contributed by atoms with Crippen LogP contribution in [0.5, 0.6) is 11.5 Å². The van der Waals surface area contributed by atoms with Crippen LogP contribution in [0.2, 0.25) is 0 Å². The predicted molar refractivity (Wildman–Crippen MR) is 107 cm³/mol. The van der Waals surface area contributed by atoms with Gasteiger partial charge in [0.1, 0.15) is 11.5 Å². The van der Waals surface area contributed by atoms with Crippen LogP contribution in [0.15, 0.2) is 48.5 Å². The zero-order valence-corrected chi connectivity index (χ0v) is 17.3. The van der Waals surface area contributed by atoms with Gasteiger partial charge in [-0.15, -0.1) is 0 Å². The topological polar surface area (TPSA) is 76.8 Å². The Hall–Kier alpha value is -2.78. The number of nitrogens with zero attached hydrogens (tertiary/aromatic N) is 1. The third-order valence-electron chi connectivity index (χ3n) is 4.89. The molecular formula is C21H26F3N3O3. The highest BCUT2D eigenvalue weighted by Crippen LogP contribution is 2.38. The van der Waals surface area contributed by atoms with Crippen LogP contribution in [0.25, 0.3) is 0 Å². The molecule has 0 aliphatic heterocycles. The number of carbonyl (C=O) groups is 1. The second kappa shape index (κ2) is 9.36. The highest BCUT2D eigenvalue weighted by Gasteiger charge is 2.59. The molecule has 2 aromatic carbocycles. The molecule has 0 aliphatic rings. The van der Waals surface area contributed by atoms with E-state index in [0.717, 1.165) is 17.7 Å². The van der Waals surface area contributed by atoms with Crippen LogP contribution in [-0.4, -0.2) is 51.8 Å². The van der Waals surface area contributed by atoms with Gasteiger partial charge in [0, 0.05) is 6.54 Å². The number of methoxy groups -OCH3 is 2. The Labute approximate surface area is 173 Å². The summed E-state index contributed by atoms with van der Waals surface area (Å²) in [6, 6.07) is 11.8. The van der Waals surface area contributed by atoms with Crippen molar-refractivity contribution in [3.8, 4) is 11.5 Å². The van der Waals surface area contributed by atoms with E-state index < -0.39 is 29.2 Å². The second-order valence-corrected chi connectivity index (χ2v) is 7.00. The molecule has 0 fully saturated rings. The maximum absolute atomic E-state index is 13.9. The number of halogens is 3. The summed E-state index contributed by atoms with van der Waals surface area (Å²) in [4.78, 5) is 14.5. The lowest BCUT2D eigenvalue weighted by molar-refractivity contribution is -0.194. The monoisotopic (exact) mass is 425 g/mol. The Morgan fingerprint density at radius 1 is 1.07 bits per heavy atom. The Kier molecular flexibility index (Phi) is 7.33. The van der Waals surface area contributed by atoms with Gasteiger partial charge >= 0.3 is 6.18 Å². The number of amides is 1. The molecule has 164 valence electrons. The van der Waals surface area contributed by atoms with Crippen LogP contribution in [0.4, 0.5) is 13.2 Å².